The highest BCUT2D eigenvalue weighted by Crippen LogP contribution is 2.39. The van der Waals surface area contributed by atoms with Gasteiger partial charge in [0, 0.05) is 22.6 Å². The molecular weight excluding hydrogens is 528 g/mol. The van der Waals surface area contributed by atoms with E-state index in [9.17, 15) is 14.7 Å². The van der Waals surface area contributed by atoms with Crippen LogP contribution in [-0.2, 0) is 26.2 Å². The maximum Gasteiger partial charge on any atom is 0.333 e. The van der Waals surface area contributed by atoms with Crippen molar-refractivity contribution in [2.24, 2.45) is 0 Å². The van der Waals surface area contributed by atoms with E-state index in [0.717, 1.165) is 16.7 Å². The molecule has 0 spiro atoms. The Labute approximate surface area is 238 Å². The fraction of sp³-hybridized carbons (Fsp3) is 0.290. The predicted octanol–water partition coefficient (Wildman–Crippen LogP) is 5.91. The van der Waals surface area contributed by atoms with Crippen LogP contribution in [0.1, 0.15) is 45.2 Å². The Balaban J connectivity index is 1.51. The van der Waals surface area contributed by atoms with Gasteiger partial charge in [-0.1, -0.05) is 63.2 Å². The number of hydrogen-bond donors (Lipinski definition) is 2. The third kappa shape index (κ3) is 6.87. The Bertz CT molecular complexity index is 1570. The molecule has 0 unspecified atom stereocenters. The number of carbonyl (C=O) groups excluding carboxylic acids is 2. The number of halogens is 1. The molecule has 4 rings (SSSR count). The number of nitrogens with zero attached hydrogens (tertiary/aromatic N) is 3. The van der Waals surface area contributed by atoms with Crippen LogP contribution in [0.15, 0.2) is 66.7 Å². The fourth-order valence-electron chi connectivity index (χ4n) is 4.07. The summed E-state index contributed by atoms with van der Waals surface area (Å²) >= 11 is 6.13. The van der Waals surface area contributed by atoms with Crippen molar-refractivity contribution in [3.05, 3.63) is 82.9 Å². The summed E-state index contributed by atoms with van der Waals surface area (Å²) in [5.41, 5.74) is 5.41. The van der Waals surface area contributed by atoms with Crippen molar-refractivity contribution in [2.75, 3.05) is 13.2 Å². The van der Waals surface area contributed by atoms with Crippen LogP contribution in [0, 0.1) is 0 Å². The van der Waals surface area contributed by atoms with E-state index in [4.69, 9.17) is 16.3 Å². The lowest BCUT2D eigenvalue weighted by Crippen LogP contribution is -2.28. The molecule has 8 nitrogen and oxygen atoms in total. The standard InChI is InChI=1S/C31H33ClN4O4/c1-19(2)30(39)40-15-14-33-28(37)13-8-20-6-9-21(10-7-20)24-16-22(31(3,4)5)17-27(29(24)38)36-34-25-12-11-23(32)18-26(25)35-36/h6-7,9-12,16-18,38H,1,8,13-15H2,2-5H3,(H,33,37). The van der Waals surface area contributed by atoms with Gasteiger partial charge in [-0.3, -0.25) is 4.79 Å². The topological polar surface area (TPSA) is 106 Å². The van der Waals surface area contributed by atoms with Gasteiger partial charge in [0.05, 0.1) is 6.54 Å². The van der Waals surface area contributed by atoms with Gasteiger partial charge in [-0.2, -0.15) is 0 Å². The fourth-order valence-corrected chi connectivity index (χ4v) is 4.24. The first kappa shape index (κ1) is 28.8. The highest BCUT2D eigenvalue weighted by Gasteiger charge is 2.22. The summed E-state index contributed by atoms with van der Waals surface area (Å²) < 4.78 is 4.98. The van der Waals surface area contributed by atoms with Crippen molar-refractivity contribution in [1.82, 2.24) is 20.3 Å². The number of fused-ring (bicyclic) bond motifs is 1. The molecular formula is C31H33ClN4O4. The molecule has 2 N–H and O–H groups in total. The highest BCUT2D eigenvalue weighted by molar-refractivity contribution is 6.31. The van der Waals surface area contributed by atoms with Crippen molar-refractivity contribution in [3.63, 3.8) is 0 Å². The number of amides is 1. The van der Waals surface area contributed by atoms with E-state index in [2.05, 4.69) is 42.9 Å². The molecule has 4 aromatic rings. The molecule has 0 fully saturated rings. The third-order valence-electron chi connectivity index (χ3n) is 6.43. The zero-order chi connectivity index (χ0) is 29.0. The lowest BCUT2D eigenvalue weighted by molar-refractivity contribution is -0.139. The van der Waals surface area contributed by atoms with Crippen LogP contribution in [0.3, 0.4) is 0 Å². The van der Waals surface area contributed by atoms with E-state index < -0.39 is 5.97 Å². The first-order valence-corrected chi connectivity index (χ1v) is 13.4. The van der Waals surface area contributed by atoms with Crippen LogP contribution in [0.2, 0.25) is 5.02 Å². The monoisotopic (exact) mass is 560 g/mol. The maximum atomic E-state index is 12.2. The molecule has 0 saturated heterocycles. The zero-order valence-electron chi connectivity index (χ0n) is 23.1. The van der Waals surface area contributed by atoms with Crippen molar-refractivity contribution < 1.29 is 19.4 Å². The van der Waals surface area contributed by atoms with Crippen LogP contribution >= 0.6 is 11.6 Å². The van der Waals surface area contributed by atoms with Gasteiger partial charge in [0.15, 0.2) is 5.75 Å². The molecule has 0 aliphatic rings. The molecule has 40 heavy (non-hydrogen) atoms. The Kier molecular flexibility index (Phi) is 8.59. The number of ether oxygens (including phenoxy) is 1. The molecule has 0 radical (unpaired) electrons. The number of esters is 1. The second-order valence-electron chi connectivity index (χ2n) is 10.7. The van der Waals surface area contributed by atoms with Gasteiger partial charge in [-0.05, 0) is 65.8 Å². The molecule has 0 saturated carbocycles. The number of phenols is 1. The Morgan fingerprint density at radius 3 is 2.42 bits per heavy atom. The number of aromatic hydroxyl groups is 1. The molecule has 0 atom stereocenters. The Hall–Kier alpha value is -4.17. The second kappa shape index (κ2) is 11.9. The molecule has 1 amide bonds. The van der Waals surface area contributed by atoms with E-state index in [0.29, 0.717) is 45.7 Å². The predicted molar refractivity (Wildman–Crippen MR) is 157 cm³/mol. The van der Waals surface area contributed by atoms with E-state index in [1.54, 1.807) is 25.1 Å². The van der Waals surface area contributed by atoms with Gasteiger partial charge in [0.2, 0.25) is 5.91 Å². The highest BCUT2D eigenvalue weighted by atomic mass is 35.5. The van der Waals surface area contributed by atoms with Crippen LogP contribution < -0.4 is 5.32 Å². The van der Waals surface area contributed by atoms with Crippen molar-refractivity contribution >= 4 is 34.5 Å². The minimum atomic E-state index is -0.472. The lowest BCUT2D eigenvalue weighted by atomic mass is 9.84. The number of aromatic nitrogens is 3. The molecule has 1 heterocycles. The Morgan fingerprint density at radius 2 is 1.75 bits per heavy atom. The molecule has 3 aromatic carbocycles. The smallest absolute Gasteiger partial charge is 0.333 e. The van der Waals surface area contributed by atoms with Crippen molar-refractivity contribution in [3.8, 4) is 22.6 Å². The number of rotatable bonds is 9. The first-order valence-electron chi connectivity index (χ1n) is 13.0. The van der Waals surface area contributed by atoms with E-state index in [1.165, 1.54) is 4.80 Å². The van der Waals surface area contributed by atoms with Gasteiger partial charge in [-0.15, -0.1) is 15.0 Å². The molecule has 0 aliphatic heterocycles. The molecule has 1 aromatic heterocycles. The van der Waals surface area contributed by atoms with Crippen LogP contribution in [0.25, 0.3) is 27.8 Å². The van der Waals surface area contributed by atoms with Crippen LogP contribution in [0.5, 0.6) is 5.75 Å². The molecule has 0 bridgehead atoms. The zero-order valence-corrected chi connectivity index (χ0v) is 23.9. The SMILES string of the molecule is C=C(C)C(=O)OCCNC(=O)CCc1ccc(-c2cc(C(C)(C)C)cc(-n3nc4ccc(Cl)cc4n3)c2O)cc1. The summed E-state index contributed by atoms with van der Waals surface area (Å²) in [5, 5.41) is 23.8. The largest absolute Gasteiger partial charge is 0.505 e. The normalized spacial score (nSPS) is 11.4. The minimum absolute atomic E-state index is 0.0684. The van der Waals surface area contributed by atoms with Gasteiger partial charge in [0.25, 0.3) is 0 Å². The average Bonchev–Trinajstić information content (AvgIpc) is 3.32. The average molecular weight is 561 g/mol. The summed E-state index contributed by atoms with van der Waals surface area (Å²) in [7, 11) is 0. The lowest BCUT2D eigenvalue weighted by Gasteiger charge is -2.22. The number of phenolic OH excluding ortho intramolecular Hbond substituents is 1. The number of aryl methyl sites for hydroxylation is 1. The van der Waals surface area contributed by atoms with Gasteiger partial charge < -0.3 is 15.2 Å². The summed E-state index contributed by atoms with van der Waals surface area (Å²) in [6, 6.07) is 16.9. The summed E-state index contributed by atoms with van der Waals surface area (Å²) in [4.78, 5) is 25.0. The first-order chi connectivity index (χ1) is 18.9. The molecule has 0 aliphatic carbocycles. The van der Waals surface area contributed by atoms with Gasteiger partial charge in [0.1, 0.15) is 23.3 Å². The second-order valence-corrected chi connectivity index (χ2v) is 11.2. The van der Waals surface area contributed by atoms with E-state index >= 15 is 0 Å². The van der Waals surface area contributed by atoms with E-state index in [-0.39, 0.29) is 30.2 Å². The summed E-state index contributed by atoms with van der Waals surface area (Å²) in [5.74, 6) is -0.533. The number of benzene rings is 3. The summed E-state index contributed by atoms with van der Waals surface area (Å²) in [6.07, 6.45) is 0.842. The van der Waals surface area contributed by atoms with Crippen LogP contribution in [-0.4, -0.2) is 45.1 Å². The molecule has 208 valence electrons. The molecule has 9 heteroatoms. The van der Waals surface area contributed by atoms with E-state index in [1.807, 2.05) is 36.4 Å². The van der Waals surface area contributed by atoms with Gasteiger partial charge >= 0.3 is 5.97 Å². The third-order valence-corrected chi connectivity index (χ3v) is 6.66. The number of hydrogen-bond acceptors (Lipinski definition) is 6. The summed E-state index contributed by atoms with van der Waals surface area (Å²) in [6.45, 7) is 11.8. The number of nitrogens with one attached hydrogen (secondary N) is 1. The van der Waals surface area contributed by atoms with Crippen LogP contribution in [0.4, 0.5) is 0 Å². The van der Waals surface area contributed by atoms with Gasteiger partial charge in [-0.25, -0.2) is 4.79 Å². The Morgan fingerprint density at radius 1 is 1.05 bits per heavy atom. The maximum absolute atomic E-state index is 12.2. The van der Waals surface area contributed by atoms with Crippen molar-refractivity contribution in [2.45, 2.75) is 46.0 Å². The quantitative estimate of drug-likeness (QED) is 0.150. The van der Waals surface area contributed by atoms with Crippen molar-refractivity contribution in [1.29, 1.82) is 0 Å². The number of carbonyl (C=O) groups is 2. The minimum Gasteiger partial charge on any atom is -0.505 e.